The highest BCUT2D eigenvalue weighted by Crippen LogP contribution is 2.23. The summed E-state index contributed by atoms with van der Waals surface area (Å²) in [7, 11) is -3.56. The van der Waals surface area contributed by atoms with Gasteiger partial charge in [-0.1, -0.05) is 0 Å². The van der Waals surface area contributed by atoms with E-state index in [0.29, 0.717) is 19.5 Å². The first kappa shape index (κ1) is 12.7. The van der Waals surface area contributed by atoms with Gasteiger partial charge >= 0.3 is 0 Å². The third-order valence-corrected chi connectivity index (χ3v) is 4.75. The average Bonchev–Trinajstić information content (AvgIpc) is 2.78. The zero-order valence-corrected chi connectivity index (χ0v) is 10.5. The number of hydrogen-bond acceptors (Lipinski definition) is 5. The van der Waals surface area contributed by atoms with Crippen LogP contribution in [0.5, 0.6) is 0 Å². The van der Waals surface area contributed by atoms with Crippen LogP contribution in [-0.4, -0.2) is 47.5 Å². The number of rotatable bonds is 3. The third-order valence-electron chi connectivity index (χ3n) is 2.74. The van der Waals surface area contributed by atoms with Crippen molar-refractivity contribution >= 4 is 21.6 Å². The molecule has 0 aliphatic carbocycles. The topological polar surface area (TPSA) is 83.4 Å². The fraction of sp³-hybridized carbons (Fsp3) is 0.556. The standard InChI is InChI=1S/C9H12ClN3O3S/c10-9-11-3-8(4-12-9)17(15,16)13-2-1-7(5-13)6-14/h3-4,7,14H,1-2,5-6H2. The van der Waals surface area contributed by atoms with E-state index in [-0.39, 0.29) is 22.7 Å². The fourth-order valence-corrected chi connectivity index (χ4v) is 3.27. The molecule has 8 heteroatoms. The van der Waals surface area contributed by atoms with Gasteiger partial charge in [0.25, 0.3) is 0 Å². The van der Waals surface area contributed by atoms with Gasteiger partial charge in [0.2, 0.25) is 15.3 Å². The molecule has 1 atom stereocenters. The number of aliphatic hydroxyl groups excluding tert-OH is 1. The lowest BCUT2D eigenvalue weighted by Gasteiger charge is -2.15. The summed E-state index contributed by atoms with van der Waals surface area (Å²) in [4.78, 5) is 7.34. The summed E-state index contributed by atoms with van der Waals surface area (Å²) in [6.07, 6.45) is 3.05. The normalized spacial score (nSPS) is 21.9. The SMILES string of the molecule is O=S(=O)(c1cnc(Cl)nc1)N1CCC(CO)C1. The quantitative estimate of drug-likeness (QED) is 0.794. The predicted octanol–water partition coefficient (Wildman–Crippen LogP) is 0.133. The predicted molar refractivity (Wildman–Crippen MR) is 61.0 cm³/mol. The van der Waals surface area contributed by atoms with E-state index in [9.17, 15) is 8.42 Å². The number of sulfonamides is 1. The lowest BCUT2D eigenvalue weighted by Crippen LogP contribution is -2.29. The number of hydrogen-bond donors (Lipinski definition) is 1. The zero-order chi connectivity index (χ0) is 12.5. The highest BCUT2D eigenvalue weighted by Gasteiger charge is 2.32. The Balaban J connectivity index is 2.22. The van der Waals surface area contributed by atoms with E-state index in [1.165, 1.54) is 16.7 Å². The van der Waals surface area contributed by atoms with E-state index in [2.05, 4.69) is 9.97 Å². The molecule has 94 valence electrons. The van der Waals surface area contributed by atoms with Gasteiger partial charge in [0.05, 0.1) is 12.4 Å². The van der Waals surface area contributed by atoms with E-state index < -0.39 is 10.0 Å². The van der Waals surface area contributed by atoms with Crippen LogP contribution in [0.15, 0.2) is 17.3 Å². The molecule has 2 rings (SSSR count). The van der Waals surface area contributed by atoms with Crippen molar-refractivity contribution in [1.29, 1.82) is 0 Å². The third kappa shape index (κ3) is 2.57. The number of halogens is 1. The van der Waals surface area contributed by atoms with Gasteiger partial charge < -0.3 is 5.11 Å². The van der Waals surface area contributed by atoms with Crippen molar-refractivity contribution in [2.24, 2.45) is 5.92 Å². The fourth-order valence-electron chi connectivity index (χ4n) is 1.75. The largest absolute Gasteiger partial charge is 0.396 e. The Kier molecular flexibility index (Phi) is 3.62. The minimum absolute atomic E-state index is 0.00311. The van der Waals surface area contributed by atoms with E-state index in [1.54, 1.807) is 0 Å². The molecular weight excluding hydrogens is 266 g/mol. The van der Waals surface area contributed by atoms with Crippen LogP contribution in [0.1, 0.15) is 6.42 Å². The van der Waals surface area contributed by atoms with Gasteiger partial charge in [-0.05, 0) is 23.9 Å². The molecule has 0 aromatic carbocycles. The number of aromatic nitrogens is 2. The van der Waals surface area contributed by atoms with Crippen LogP contribution in [0.4, 0.5) is 0 Å². The molecule has 17 heavy (non-hydrogen) atoms. The van der Waals surface area contributed by atoms with E-state index in [1.807, 2.05) is 0 Å². The van der Waals surface area contributed by atoms with Crippen LogP contribution in [0.3, 0.4) is 0 Å². The molecule has 0 spiro atoms. The van der Waals surface area contributed by atoms with Crippen molar-refractivity contribution in [3.63, 3.8) is 0 Å². The van der Waals surface area contributed by atoms with Gasteiger partial charge in [-0.15, -0.1) is 0 Å². The Morgan fingerprint density at radius 3 is 2.65 bits per heavy atom. The Labute approximate surface area is 104 Å². The van der Waals surface area contributed by atoms with Gasteiger partial charge in [0.15, 0.2) is 0 Å². The molecule has 1 aromatic rings. The van der Waals surface area contributed by atoms with Crippen molar-refractivity contribution in [2.45, 2.75) is 11.3 Å². The minimum atomic E-state index is -3.56. The molecule has 1 aromatic heterocycles. The molecule has 1 unspecified atom stereocenters. The molecule has 0 bridgehead atoms. The van der Waals surface area contributed by atoms with E-state index in [4.69, 9.17) is 16.7 Å². The van der Waals surface area contributed by atoms with Crippen molar-refractivity contribution in [3.8, 4) is 0 Å². The number of aliphatic hydroxyl groups is 1. The molecule has 1 fully saturated rings. The highest BCUT2D eigenvalue weighted by atomic mass is 35.5. The lowest BCUT2D eigenvalue weighted by atomic mass is 10.1. The van der Waals surface area contributed by atoms with Gasteiger partial charge in [0, 0.05) is 19.7 Å². The van der Waals surface area contributed by atoms with E-state index >= 15 is 0 Å². The van der Waals surface area contributed by atoms with Gasteiger partial charge in [-0.3, -0.25) is 0 Å². The van der Waals surface area contributed by atoms with Crippen molar-refractivity contribution < 1.29 is 13.5 Å². The molecule has 1 N–H and O–H groups in total. The van der Waals surface area contributed by atoms with Crippen molar-refractivity contribution in [3.05, 3.63) is 17.7 Å². The molecule has 2 heterocycles. The molecule has 1 aliphatic heterocycles. The smallest absolute Gasteiger partial charge is 0.246 e. The maximum absolute atomic E-state index is 12.1. The average molecular weight is 278 g/mol. The maximum atomic E-state index is 12.1. The Morgan fingerprint density at radius 1 is 1.47 bits per heavy atom. The molecule has 6 nitrogen and oxygen atoms in total. The molecule has 0 saturated carbocycles. The Bertz CT molecular complexity index is 491. The summed E-state index contributed by atoms with van der Waals surface area (Å²) in [5, 5.41) is 9.01. The van der Waals surface area contributed by atoms with Crippen LogP contribution >= 0.6 is 11.6 Å². The van der Waals surface area contributed by atoms with Crippen LogP contribution in [0.25, 0.3) is 0 Å². The lowest BCUT2D eigenvalue weighted by molar-refractivity contribution is 0.233. The van der Waals surface area contributed by atoms with Gasteiger partial charge in [-0.2, -0.15) is 4.31 Å². The van der Waals surface area contributed by atoms with Crippen LogP contribution in [0, 0.1) is 5.92 Å². The zero-order valence-electron chi connectivity index (χ0n) is 8.95. The second-order valence-corrected chi connectivity index (χ2v) is 6.16. The summed E-state index contributed by atoms with van der Waals surface area (Å²) < 4.78 is 25.6. The second kappa shape index (κ2) is 4.85. The maximum Gasteiger partial charge on any atom is 0.246 e. The minimum Gasteiger partial charge on any atom is -0.396 e. The number of nitrogens with zero attached hydrogens (tertiary/aromatic N) is 3. The van der Waals surface area contributed by atoms with Gasteiger partial charge in [-0.25, -0.2) is 18.4 Å². The summed E-state index contributed by atoms with van der Waals surface area (Å²) in [5.74, 6) is 0.0120. The van der Waals surface area contributed by atoms with Crippen molar-refractivity contribution in [1.82, 2.24) is 14.3 Å². The highest BCUT2D eigenvalue weighted by molar-refractivity contribution is 7.89. The second-order valence-electron chi connectivity index (χ2n) is 3.89. The van der Waals surface area contributed by atoms with Gasteiger partial charge in [0.1, 0.15) is 4.90 Å². The first-order chi connectivity index (χ1) is 8.04. The van der Waals surface area contributed by atoms with Crippen LogP contribution < -0.4 is 0 Å². The molecule has 1 saturated heterocycles. The first-order valence-corrected chi connectivity index (χ1v) is 6.94. The summed E-state index contributed by atoms with van der Waals surface area (Å²) in [5.41, 5.74) is 0. The van der Waals surface area contributed by atoms with Crippen LogP contribution in [-0.2, 0) is 10.0 Å². The molecular formula is C9H12ClN3O3S. The monoisotopic (exact) mass is 277 g/mol. The van der Waals surface area contributed by atoms with Crippen molar-refractivity contribution in [2.75, 3.05) is 19.7 Å². The summed E-state index contributed by atoms with van der Waals surface area (Å²) in [6.45, 7) is 0.751. The molecule has 0 radical (unpaired) electrons. The van der Waals surface area contributed by atoms with Crippen LogP contribution in [0.2, 0.25) is 5.28 Å². The first-order valence-electron chi connectivity index (χ1n) is 5.12. The molecule has 1 aliphatic rings. The summed E-state index contributed by atoms with van der Waals surface area (Å²) >= 11 is 5.50. The van der Waals surface area contributed by atoms with E-state index in [0.717, 1.165) is 0 Å². The molecule has 0 amide bonds. The summed E-state index contributed by atoms with van der Waals surface area (Å²) in [6, 6.07) is 0. The Hall–Kier alpha value is -0.760. The Morgan fingerprint density at radius 2 is 2.12 bits per heavy atom.